The summed E-state index contributed by atoms with van der Waals surface area (Å²) in [7, 11) is -3.17. The minimum absolute atomic E-state index is 0.260. The second-order valence-electron chi connectivity index (χ2n) is 4.36. The van der Waals surface area contributed by atoms with Crippen LogP contribution in [0.2, 0.25) is 0 Å². The summed E-state index contributed by atoms with van der Waals surface area (Å²) in [5.41, 5.74) is -0.387. The van der Waals surface area contributed by atoms with E-state index in [1.165, 1.54) is 12.1 Å². The molecule has 0 amide bonds. The minimum atomic E-state index is -3.17. The molecule has 1 rings (SSSR count). The van der Waals surface area contributed by atoms with Gasteiger partial charge in [0.1, 0.15) is 5.60 Å². The Balaban J connectivity index is 2.89. The molecule has 3 nitrogen and oxygen atoms in total. The van der Waals surface area contributed by atoms with Crippen molar-refractivity contribution in [2.24, 2.45) is 0 Å². The van der Waals surface area contributed by atoms with E-state index >= 15 is 0 Å². The first-order valence-electron chi connectivity index (χ1n) is 5.24. The van der Waals surface area contributed by atoms with Crippen molar-refractivity contribution in [3.8, 4) is 23.7 Å². The van der Waals surface area contributed by atoms with Gasteiger partial charge in [0.05, 0.1) is 4.90 Å². The molecule has 0 aliphatic rings. The molecule has 0 aliphatic carbocycles. The zero-order valence-corrected chi connectivity index (χ0v) is 11.3. The maximum absolute atomic E-state index is 11.2. The molecule has 0 radical (unpaired) electrons. The molecule has 0 heterocycles. The highest BCUT2D eigenvalue weighted by Gasteiger charge is 2.05. The molecule has 0 aromatic heterocycles. The van der Waals surface area contributed by atoms with Crippen molar-refractivity contribution in [2.75, 3.05) is 6.26 Å². The second-order valence-corrected chi connectivity index (χ2v) is 6.37. The monoisotopic (exact) mass is 262 g/mol. The van der Waals surface area contributed by atoms with Crippen molar-refractivity contribution < 1.29 is 13.5 Å². The Labute approximate surface area is 108 Å². The number of hydrogen-bond acceptors (Lipinski definition) is 3. The van der Waals surface area contributed by atoms with Crippen molar-refractivity contribution in [3.05, 3.63) is 29.8 Å². The Morgan fingerprint density at radius 3 is 2.11 bits per heavy atom. The lowest BCUT2D eigenvalue weighted by molar-refractivity contribution is 0.143. The second kappa shape index (κ2) is 5.27. The lowest BCUT2D eigenvalue weighted by Crippen LogP contribution is -2.14. The average molecular weight is 262 g/mol. The summed E-state index contributed by atoms with van der Waals surface area (Å²) >= 11 is 0. The molecule has 4 heteroatoms. The Hall–Kier alpha value is -1.75. The smallest absolute Gasteiger partial charge is 0.175 e. The van der Waals surface area contributed by atoms with E-state index in [1.54, 1.807) is 26.0 Å². The Bertz CT molecular complexity index is 639. The number of sulfone groups is 1. The Morgan fingerprint density at radius 2 is 1.67 bits per heavy atom. The van der Waals surface area contributed by atoms with Crippen molar-refractivity contribution in [3.63, 3.8) is 0 Å². The van der Waals surface area contributed by atoms with E-state index in [4.69, 9.17) is 0 Å². The fourth-order valence-corrected chi connectivity index (χ4v) is 1.70. The molecule has 0 fully saturated rings. The van der Waals surface area contributed by atoms with Crippen LogP contribution in [-0.2, 0) is 9.84 Å². The van der Waals surface area contributed by atoms with Crippen molar-refractivity contribution in [1.82, 2.24) is 0 Å². The first-order valence-corrected chi connectivity index (χ1v) is 7.13. The third-order valence-electron chi connectivity index (χ3n) is 1.92. The predicted molar refractivity (Wildman–Crippen MR) is 70.5 cm³/mol. The number of aliphatic hydroxyl groups is 1. The van der Waals surface area contributed by atoms with Crippen LogP contribution >= 0.6 is 0 Å². The number of hydrogen-bond donors (Lipinski definition) is 1. The maximum atomic E-state index is 11.2. The van der Waals surface area contributed by atoms with E-state index in [9.17, 15) is 13.5 Å². The van der Waals surface area contributed by atoms with Crippen LogP contribution in [0.3, 0.4) is 0 Å². The van der Waals surface area contributed by atoms with Crippen LogP contribution in [0, 0.1) is 23.7 Å². The summed E-state index contributed by atoms with van der Waals surface area (Å²) in [6.45, 7) is 3.14. The van der Waals surface area contributed by atoms with E-state index in [0.717, 1.165) is 6.26 Å². The van der Waals surface area contributed by atoms with Crippen LogP contribution in [0.1, 0.15) is 19.4 Å². The Kier molecular flexibility index (Phi) is 4.19. The fourth-order valence-electron chi connectivity index (χ4n) is 1.07. The molecule has 1 N–H and O–H groups in total. The van der Waals surface area contributed by atoms with Crippen LogP contribution in [-0.4, -0.2) is 25.4 Å². The van der Waals surface area contributed by atoms with Crippen LogP contribution in [0.25, 0.3) is 0 Å². The largest absolute Gasteiger partial charge is 0.378 e. The van der Waals surface area contributed by atoms with Gasteiger partial charge in [-0.25, -0.2) is 8.42 Å². The minimum Gasteiger partial charge on any atom is -0.378 e. The molecule has 0 unspecified atom stereocenters. The van der Waals surface area contributed by atoms with E-state index in [1.807, 2.05) is 0 Å². The maximum Gasteiger partial charge on any atom is 0.175 e. The zero-order valence-electron chi connectivity index (χ0n) is 10.5. The van der Waals surface area contributed by atoms with Crippen molar-refractivity contribution in [2.45, 2.75) is 24.3 Å². The standard InChI is InChI=1S/C14H14O3S/c1-14(2,15)11-5-4-6-12-7-9-13(10-8-12)18(3,16)17/h7-10,15H,1-3H3. The quantitative estimate of drug-likeness (QED) is 0.774. The molecule has 1 aromatic carbocycles. The molecule has 0 saturated heterocycles. The van der Waals surface area contributed by atoms with Crippen LogP contribution in [0.5, 0.6) is 0 Å². The lowest BCUT2D eigenvalue weighted by atomic mass is 10.1. The summed E-state index contributed by atoms with van der Waals surface area (Å²) < 4.78 is 22.5. The lowest BCUT2D eigenvalue weighted by Gasteiger charge is -2.04. The summed E-state index contributed by atoms with van der Waals surface area (Å²) in [6.07, 6.45) is 1.16. The molecule has 0 bridgehead atoms. The van der Waals surface area contributed by atoms with Gasteiger partial charge in [0.2, 0.25) is 0 Å². The average Bonchev–Trinajstić information content (AvgIpc) is 2.22. The summed E-state index contributed by atoms with van der Waals surface area (Å²) in [5, 5.41) is 9.33. The Morgan fingerprint density at radius 1 is 1.11 bits per heavy atom. The van der Waals surface area contributed by atoms with Gasteiger partial charge in [-0.3, -0.25) is 0 Å². The van der Waals surface area contributed by atoms with Gasteiger partial charge in [-0.2, -0.15) is 0 Å². The normalized spacial score (nSPS) is 10.9. The van der Waals surface area contributed by atoms with Crippen LogP contribution in [0.15, 0.2) is 29.2 Å². The third kappa shape index (κ3) is 5.05. The summed E-state index contributed by atoms with van der Waals surface area (Å²) in [6, 6.07) is 6.25. The molecule has 0 aliphatic heterocycles. The molecule has 0 spiro atoms. The number of benzene rings is 1. The van der Waals surface area contributed by atoms with Gasteiger partial charge in [-0.15, -0.1) is 0 Å². The molecule has 18 heavy (non-hydrogen) atoms. The highest BCUT2D eigenvalue weighted by molar-refractivity contribution is 7.90. The van der Waals surface area contributed by atoms with Gasteiger partial charge >= 0.3 is 0 Å². The van der Waals surface area contributed by atoms with Crippen LogP contribution < -0.4 is 0 Å². The molecule has 1 aromatic rings. The van der Waals surface area contributed by atoms with Crippen molar-refractivity contribution in [1.29, 1.82) is 0 Å². The molecule has 0 saturated carbocycles. The molecule has 94 valence electrons. The summed E-state index contributed by atoms with van der Waals surface area (Å²) in [5.74, 6) is 10.5. The highest BCUT2D eigenvalue weighted by atomic mass is 32.2. The predicted octanol–water partition coefficient (Wildman–Crippen LogP) is 1.22. The molecular formula is C14H14O3S. The van der Waals surface area contributed by atoms with E-state index in [2.05, 4.69) is 23.7 Å². The highest BCUT2D eigenvalue weighted by Crippen LogP contribution is 2.09. The van der Waals surface area contributed by atoms with Gasteiger partial charge in [0.25, 0.3) is 0 Å². The van der Waals surface area contributed by atoms with Gasteiger partial charge < -0.3 is 5.11 Å². The zero-order chi connectivity index (χ0) is 13.8. The number of rotatable bonds is 1. The van der Waals surface area contributed by atoms with E-state index in [-0.39, 0.29) is 4.90 Å². The first-order chi connectivity index (χ1) is 8.18. The van der Waals surface area contributed by atoms with Crippen LogP contribution in [0.4, 0.5) is 0 Å². The van der Waals surface area contributed by atoms with Gasteiger partial charge in [0, 0.05) is 11.8 Å². The van der Waals surface area contributed by atoms with Gasteiger partial charge in [0.15, 0.2) is 9.84 Å². The van der Waals surface area contributed by atoms with Gasteiger partial charge in [-0.1, -0.05) is 11.8 Å². The third-order valence-corrected chi connectivity index (χ3v) is 3.05. The summed E-state index contributed by atoms with van der Waals surface area (Å²) in [4.78, 5) is 0.260. The topological polar surface area (TPSA) is 54.4 Å². The SMILES string of the molecule is CC(C)(O)C#CC#Cc1ccc(S(C)(=O)=O)cc1. The van der Waals surface area contributed by atoms with E-state index in [0.29, 0.717) is 5.56 Å². The first kappa shape index (κ1) is 14.3. The molecular weight excluding hydrogens is 248 g/mol. The fraction of sp³-hybridized carbons (Fsp3) is 0.286. The van der Waals surface area contributed by atoms with E-state index < -0.39 is 15.4 Å². The van der Waals surface area contributed by atoms with Crippen molar-refractivity contribution >= 4 is 9.84 Å². The van der Waals surface area contributed by atoms with Gasteiger partial charge in [-0.05, 0) is 50.0 Å². The molecule has 0 atom stereocenters.